The highest BCUT2D eigenvalue weighted by atomic mass is 32.1. The first-order chi connectivity index (χ1) is 9.53. The molecule has 6 nitrogen and oxygen atoms in total. The summed E-state index contributed by atoms with van der Waals surface area (Å²) in [5, 5.41) is 20.3. The molecule has 0 bridgehead atoms. The van der Waals surface area contributed by atoms with E-state index in [2.05, 4.69) is 10.5 Å². The van der Waals surface area contributed by atoms with Crippen LogP contribution >= 0.6 is 11.3 Å². The van der Waals surface area contributed by atoms with Crippen molar-refractivity contribution in [3.05, 3.63) is 39.9 Å². The van der Waals surface area contributed by atoms with Gasteiger partial charge in [0.15, 0.2) is 11.5 Å². The predicted molar refractivity (Wildman–Crippen MR) is 73.4 cm³/mol. The van der Waals surface area contributed by atoms with Crippen molar-refractivity contribution in [1.82, 2.24) is 10.5 Å². The van der Waals surface area contributed by atoms with Crippen molar-refractivity contribution in [3.8, 4) is 0 Å². The summed E-state index contributed by atoms with van der Waals surface area (Å²) in [5.74, 6) is 0.0776. The summed E-state index contributed by atoms with van der Waals surface area (Å²) in [6.45, 7) is 2.00. The Hall–Kier alpha value is -1.70. The van der Waals surface area contributed by atoms with Crippen LogP contribution in [0.5, 0.6) is 0 Å². The highest BCUT2D eigenvalue weighted by Gasteiger charge is 2.25. The van der Waals surface area contributed by atoms with Crippen LogP contribution in [0.4, 0.5) is 0 Å². The molecule has 0 fully saturated rings. The van der Waals surface area contributed by atoms with Crippen LogP contribution in [0.1, 0.15) is 28.7 Å². The van der Waals surface area contributed by atoms with E-state index in [1.165, 1.54) is 24.5 Å². The van der Waals surface area contributed by atoms with Crippen LogP contribution < -0.4 is 5.32 Å². The number of methoxy groups -OCH3 is 1. The fourth-order valence-electron chi connectivity index (χ4n) is 1.65. The van der Waals surface area contributed by atoms with Crippen LogP contribution in [0, 0.1) is 0 Å². The maximum Gasteiger partial charge on any atom is 0.273 e. The lowest BCUT2D eigenvalue weighted by Crippen LogP contribution is -2.38. The van der Waals surface area contributed by atoms with Gasteiger partial charge in [0.05, 0.1) is 6.54 Å². The molecule has 0 saturated heterocycles. The number of nitrogens with one attached hydrogen (secondary N) is 1. The molecule has 0 aliphatic rings. The lowest BCUT2D eigenvalue weighted by molar-refractivity contribution is 0.0527. The Labute approximate surface area is 120 Å². The molecular weight excluding hydrogens is 280 g/mol. The van der Waals surface area contributed by atoms with Crippen LogP contribution in [-0.2, 0) is 16.9 Å². The molecule has 0 aliphatic carbocycles. The van der Waals surface area contributed by atoms with Crippen LogP contribution in [0.3, 0.4) is 0 Å². The minimum atomic E-state index is -1.12. The number of hydrogen-bond donors (Lipinski definition) is 2. The second-order valence-corrected chi connectivity index (χ2v) is 5.36. The van der Waals surface area contributed by atoms with Crippen molar-refractivity contribution in [3.63, 3.8) is 0 Å². The first-order valence-corrected chi connectivity index (χ1v) is 6.95. The second-order valence-electron chi connectivity index (χ2n) is 4.58. The minimum absolute atomic E-state index is 0.0923. The molecule has 2 aromatic rings. The molecule has 1 unspecified atom stereocenters. The Morgan fingerprint density at radius 2 is 2.45 bits per heavy atom. The summed E-state index contributed by atoms with van der Waals surface area (Å²) in [5.41, 5.74) is -0.185. The van der Waals surface area contributed by atoms with E-state index in [1.807, 2.05) is 16.8 Å². The topological polar surface area (TPSA) is 84.6 Å². The van der Waals surface area contributed by atoms with Crippen LogP contribution in [0.2, 0.25) is 0 Å². The lowest BCUT2D eigenvalue weighted by Gasteiger charge is -2.22. The zero-order chi connectivity index (χ0) is 14.6. The van der Waals surface area contributed by atoms with E-state index in [4.69, 9.17) is 9.26 Å². The van der Waals surface area contributed by atoms with E-state index in [0.29, 0.717) is 5.76 Å². The molecule has 0 aromatic carbocycles. The predicted octanol–water partition coefficient (Wildman–Crippen LogP) is 1.52. The summed E-state index contributed by atoms with van der Waals surface area (Å²) in [6, 6.07) is 3.34. The Morgan fingerprint density at radius 3 is 3.10 bits per heavy atom. The normalized spacial score (nSPS) is 13.9. The van der Waals surface area contributed by atoms with Gasteiger partial charge < -0.3 is 19.7 Å². The molecule has 20 heavy (non-hydrogen) atoms. The Bertz CT molecular complexity index is 563. The van der Waals surface area contributed by atoms with E-state index in [9.17, 15) is 9.90 Å². The monoisotopic (exact) mass is 296 g/mol. The largest absolute Gasteiger partial charge is 0.384 e. The maximum atomic E-state index is 11.9. The summed E-state index contributed by atoms with van der Waals surface area (Å²) < 4.78 is 9.81. The molecule has 0 radical (unpaired) electrons. The summed E-state index contributed by atoms with van der Waals surface area (Å²) in [4.78, 5) is 11.9. The van der Waals surface area contributed by atoms with Gasteiger partial charge in [0.2, 0.25) is 0 Å². The molecule has 0 aliphatic heterocycles. The third-order valence-electron chi connectivity index (χ3n) is 2.81. The van der Waals surface area contributed by atoms with Gasteiger partial charge in [-0.1, -0.05) is 5.16 Å². The number of rotatable bonds is 6. The average Bonchev–Trinajstić information content (AvgIpc) is 3.07. The number of nitrogens with zero attached hydrogens (tertiary/aromatic N) is 1. The smallest absolute Gasteiger partial charge is 0.273 e. The van der Waals surface area contributed by atoms with E-state index in [0.717, 1.165) is 5.56 Å². The number of carbonyl (C=O) groups is 1. The second kappa shape index (κ2) is 6.17. The Morgan fingerprint density at radius 1 is 1.65 bits per heavy atom. The molecule has 2 rings (SSSR count). The van der Waals surface area contributed by atoms with Gasteiger partial charge in [0.25, 0.3) is 5.91 Å². The van der Waals surface area contributed by atoms with Gasteiger partial charge in [-0.2, -0.15) is 11.3 Å². The zero-order valence-corrected chi connectivity index (χ0v) is 12.1. The number of hydrogen-bond acceptors (Lipinski definition) is 6. The van der Waals surface area contributed by atoms with Crippen LogP contribution in [0.15, 0.2) is 27.4 Å². The van der Waals surface area contributed by atoms with Crippen LogP contribution in [0.25, 0.3) is 0 Å². The van der Waals surface area contributed by atoms with Gasteiger partial charge >= 0.3 is 0 Å². The standard InChI is InChI=1S/C13H16N2O4S/c1-13(17,9-3-4-20-7-9)8-14-12(16)11-5-10(6-18-2)19-15-11/h3-5,7,17H,6,8H2,1-2H3,(H,14,16). The van der Waals surface area contributed by atoms with E-state index in [1.54, 1.807) is 6.92 Å². The molecule has 2 aromatic heterocycles. The van der Waals surface area contributed by atoms with Crippen molar-refractivity contribution >= 4 is 17.2 Å². The summed E-state index contributed by atoms with van der Waals surface area (Å²) >= 11 is 1.49. The molecule has 0 spiro atoms. The van der Waals surface area contributed by atoms with Gasteiger partial charge in [-0.15, -0.1) is 0 Å². The van der Waals surface area contributed by atoms with Crippen molar-refractivity contribution < 1.29 is 19.2 Å². The summed E-state index contributed by atoms with van der Waals surface area (Å²) in [7, 11) is 1.53. The van der Waals surface area contributed by atoms with Gasteiger partial charge in [0.1, 0.15) is 12.2 Å². The lowest BCUT2D eigenvalue weighted by atomic mass is 9.99. The fourth-order valence-corrected chi connectivity index (χ4v) is 2.43. The number of thiophene rings is 1. The molecule has 1 atom stereocenters. The van der Waals surface area contributed by atoms with Crippen LogP contribution in [-0.4, -0.2) is 29.8 Å². The summed E-state index contributed by atoms with van der Waals surface area (Å²) in [6.07, 6.45) is 0. The van der Waals surface area contributed by atoms with E-state index < -0.39 is 11.5 Å². The van der Waals surface area contributed by atoms with E-state index >= 15 is 0 Å². The fraction of sp³-hybridized carbons (Fsp3) is 0.385. The first kappa shape index (κ1) is 14.7. The molecule has 2 N–H and O–H groups in total. The third-order valence-corrected chi connectivity index (χ3v) is 3.50. The maximum absolute atomic E-state index is 11.9. The van der Waals surface area contributed by atoms with Gasteiger partial charge in [-0.3, -0.25) is 4.79 Å². The van der Waals surface area contributed by atoms with Gasteiger partial charge in [-0.05, 0) is 29.3 Å². The molecular formula is C13H16N2O4S. The average molecular weight is 296 g/mol. The van der Waals surface area contributed by atoms with Crippen molar-refractivity contribution in [2.24, 2.45) is 0 Å². The number of ether oxygens (including phenoxy) is 1. The number of aromatic nitrogens is 1. The van der Waals surface area contributed by atoms with Crippen molar-refractivity contribution in [2.75, 3.05) is 13.7 Å². The number of aliphatic hydroxyl groups is 1. The Balaban J connectivity index is 1.94. The minimum Gasteiger partial charge on any atom is -0.384 e. The SMILES string of the molecule is COCc1cc(C(=O)NCC(C)(O)c2ccsc2)no1. The highest BCUT2D eigenvalue weighted by molar-refractivity contribution is 7.08. The molecule has 7 heteroatoms. The molecule has 2 heterocycles. The zero-order valence-electron chi connectivity index (χ0n) is 11.3. The third kappa shape index (κ3) is 3.44. The van der Waals surface area contributed by atoms with E-state index in [-0.39, 0.29) is 18.8 Å². The quantitative estimate of drug-likeness (QED) is 0.844. The van der Waals surface area contributed by atoms with Crippen molar-refractivity contribution in [2.45, 2.75) is 19.1 Å². The first-order valence-electron chi connectivity index (χ1n) is 6.01. The number of amides is 1. The molecule has 0 saturated carbocycles. The van der Waals surface area contributed by atoms with Crippen molar-refractivity contribution in [1.29, 1.82) is 0 Å². The van der Waals surface area contributed by atoms with Gasteiger partial charge in [0, 0.05) is 13.2 Å². The van der Waals surface area contributed by atoms with Gasteiger partial charge in [-0.25, -0.2) is 0 Å². The molecule has 1 amide bonds. The Kier molecular flexibility index (Phi) is 4.53. The number of carbonyl (C=O) groups excluding carboxylic acids is 1. The highest BCUT2D eigenvalue weighted by Crippen LogP contribution is 2.22. The molecule has 108 valence electrons.